The molecule has 0 amide bonds. The van der Waals surface area contributed by atoms with E-state index in [2.05, 4.69) is 15.2 Å². The van der Waals surface area contributed by atoms with Gasteiger partial charge in [0.2, 0.25) is 0 Å². The molecule has 6 nitrogen and oxygen atoms in total. The molecule has 124 valence electrons. The Labute approximate surface area is 140 Å². The van der Waals surface area contributed by atoms with E-state index in [1.54, 1.807) is 24.3 Å². The summed E-state index contributed by atoms with van der Waals surface area (Å²) in [5.74, 6) is 2.80. The van der Waals surface area contributed by atoms with Crippen LogP contribution in [-0.2, 0) is 0 Å². The SMILES string of the molecule is CCOc1ccc(-c2n[nH]c(-c3ccc(O)cc3)n2)cc1OCC. The zero-order chi connectivity index (χ0) is 16.9. The van der Waals surface area contributed by atoms with Crippen LogP contribution in [0.15, 0.2) is 42.5 Å². The summed E-state index contributed by atoms with van der Waals surface area (Å²) in [5, 5.41) is 16.5. The molecule has 1 aromatic heterocycles. The topological polar surface area (TPSA) is 80.3 Å². The molecule has 2 aromatic carbocycles. The minimum atomic E-state index is 0.214. The van der Waals surface area contributed by atoms with Crippen molar-refractivity contribution < 1.29 is 14.6 Å². The predicted octanol–water partition coefficient (Wildman–Crippen LogP) is 3.64. The molecule has 0 unspecified atom stereocenters. The molecule has 6 heteroatoms. The number of aromatic nitrogens is 3. The molecule has 0 aliphatic carbocycles. The first-order valence-electron chi connectivity index (χ1n) is 7.83. The second-order valence-electron chi connectivity index (χ2n) is 5.08. The summed E-state index contributed by atoms with van der Waals surface area (Å²) in [6, 6.07) is 12.4. The molecule has 3 rings (SSSR count). The Balaban J connectivity index is 1.91. The van der Waals surface area contributed by atoms with Crippen molar-refractivity contribution in [2.75, 3.05) is 13.2 Å². The molecule has 2 N–H and O–H groups in total. The van der Waals surface area contributed by atoms with E-state index in [0.29, 0.717) is 36.4 Å². The molecule has 24 heavy (non-hydrogen) atoms. The number of H-pyrrole nitrogens is 1. The lowest BCUT2D eigenvalue weighted by molar-refractivity contribution is 0.288. The van der Waals surface area contributed by atoms with E-state index in [9.17, 15) is 5.11 Å². The Morgan fingerprint density at radius 3 is 2.29 bits per heavy atom. The average Bonchev–Trinajstić information content (AvgIpc) is 3.07. The summed E-state index contributed by atoms with van der Waals surface area (Å²) < 4.78 is 11.2. The summed E-state index contributed by atoms with van der Waals surface area (Å²) in [4.78, 5) is 4.51. The highest BCUT2D eigenvalue weighted by Crippen LogP contribution is 2.32. The second-order valence-corrected chi connectivity index (χ2v) is 5.08. The van der Waals surface area contributed by atoms with Gasteiger partial charge in [-0.15, -0.1) is 0 Å². The maximum absolute atomic E-state index is 9.37. The molecule has 0 atom stereocenters. The molecule has 0 saturated carbocycles. The summed E-state index contributed by atoms with van der Waals surface area (Å²) >= 11 is 0. The number of aromatic hydroxyl groups is 1. The van der Waals surface area contributed by atoms with Gasteiger partial charge < -0.3 is 14.6 Å². The molecule has 0 aliphatic heterocycles. The highest BCUT2D eigenvalue weighted by Gasteiger charge is 2.12. The van der Waals surface area contributed by atoms with Gasteiger partial charge in [0.15, 0.2) is 23.1 Å². The Morgan fingerprint density at radius 1 is 0.917 bits per heavy atom. The van der Waals surface area contributed by atoms with Crippen LogP contribution in [0.25, 0.3) is 22.8 Å². The van der Waals surface area contributed by atoms with Crippen LogP contribution < -0.4 is 9.47 Å². The molecule has 0 fully saturated rings. The fourth-order valence-electron chi connectivity index (χ4n) is 2.33. The van der Waals surface area contributed by atoms with Gasteiger partial charge in [-0.1, -0.05) is 0 Å². The Kier molecular flexibility index (Phi) is 4.65. The van der Waals surface area contributed by atoms with Gasteiger partial charge in [0.05, 0.1) is 13.2 Å². The Morgan fingerprint density at radius 2 is 1.58 bits per heavy atom. The van der Waals surface area contributed by atoms with Crippen molar-refractivity contribution in [3.63, 3.8) is 0 Å². The predicted molar refractivity (Wildman–Crippen MR) is 91.3 cm³/mol. The van der Waals surface area contributed by atoms with Gasteiger partial charge >= 0.3 is 0 Å². The van der Waals surface area contributed by atoms with Crippen LogP contribution in [0.5, 0.6) is 17.2 Å². The van der Waals surface area contributed by atoms with Crippen molar-refractivity contribution in [1.82, 2.24) is 15.2 Å². The van der Waals surface area contributed by atoms with Gasteiger partial charge in [0, 0.05) is 11.1 Å². The number of hydrogen-bond acceptors (Lipinski definition) is 5. The van der Waals surface area contributed by atoms with Gasteiger partial charge in [-0.25, -0.2) is 4.98 Å². The van der Waals surface area contributed by atoms with Crippen LogP contribution in [0.2, 0.25) is 0 Å². The summed E-state index contributed by atoms with van der Waals surface area (Å²) in [6.07, 6.45) is 0. The number of aromatic amines is 1. The van der Waals surface area contributed by atoms with Crippen molar-refractivity contribution in [3.8, 4) is 40.0 Å². The van der Waals surface area contributed by atoms with E-state index in [1.165, 1.54) is 0 Å². The largest absolute Gasteiger partial charge is 0.508 e. The smallest absolute Gasteiger partial charge is 0.181 e. The molecule has 0 bridgehead atoms. The lowest BCUT2D eigenvalue weighted by atomic mass is 10.2. The van der Waals surface area contributed by atoms with Crippen molar-refractivity contribution in [2.24, 2.45) is 0 Å². The molecular formula is C18H19N3O3. The van der Waals surface area contributed by atoms with Gasteiger partial charge in [-0.3, -0.25) is 5.10 Å². The average molecular weight is 325 g/mol. The van der Waals surface area contributed by atoms with E-state index in [4.69, 9.17) is 9.47 Å². The fourth-order valence-corrected chi connectivity index (χ4v) is 2.33. The van der Waals surface area contributed by atoms with E-state index in [-0.39, 0.29) is 5.75 Å². The molecule has 0 saturated heterocycles. The van der Waals surface area contributed by atoms with Crippen molar-refractivity contribution in [1.29, 1.82) is 0 Å². The molecular weight excluding hydrogens is 306 g/mol. The maximum atomic E-state index is 9.37. The van der Waals surface area contributed by atoms with Gasteiger partial charge in [-0.05, 0) is 56.3 Å². The first-order chi connectivity index (χ1) is 11.7. The van der Waals surface area contributed by atoms with E-state index in [0.717, 1.165) is 11.1 Å². The minimum Gasteiger partial charge on any atom is -0.508 e. The normalized spacial score (nSPS) is 10.6. The van der Waals surface area contributed by atoms with Gasteiger partial charge in [0.1, 0.15) is 5.75 Å². The van der Waals surface area contributed by atoms with Crippen LogP contribution in [0.3, 0.4) is 0 Å². The number of rotatable bonds is 6. The lowest BCUT2D eigenvalue weighted by Crippen LogP contribution is -1.98. The second kappa shape index (κ2) is 7.04. The number of phenols is 1. The van der Waals surface area contributed by atoms with Crippen molar-refractivity contribution in [2.45, 2.75) is 13.8 Å². The number of phenolic OH excluding ortho intramolecular Hbond substituents is 1. The summed E-state index contributed by atoms with van der Waals surface area (Å²) in [6.45, 7) is 4.99. The molecule has 0 spiro atoms. The zero-order valence-electron chi connectivity index (χ0n) is 13.6. The standard InChI is InChI=1S/C18H19N3O3/c1-3-23-15-10-7-13(11-16(15)24-4-2)18-19-17(20-21-18)12-5-8-14(22)9-6-12/h5-11,22H,3-4H2,1-2H3,(H,19,20,21). The van der Waals surface area contributed by atoms with Crippen LogP contribution in [0, 0.1) is 0 Å². The highest BCUT2D eigenvalue weighted by atomic mass is 16.5. The van der Waals surface area contributed by atoms with Crippen molar-refractivity contribution in [3.05, 3.63) is 42.5 Å². The third-order valence-electron chi connectivity index (χ3n) is 3.43. The molecule has 0 aliphatic rings. The van der Waals surface area contributed by atoms with Gasteiger partial charge in [-0.2, -0.15) is 5.10 Å². The molecule has 0 radical (unpaired) electrons. The first-order valence-corrected chi connectivity index (χ1v) is 7.83. The van der Waals surface area contributed by atoms with E-state index >= 15 is 0 Å². The lowest BCUT2D eigenvalue weighted by Gasteiger charge is -2.11. The van der Waals surface area contributed by atoms with Crippen molar-refractivity contribution >= 4 is 0 Å². The quantitative estimate of drug-likeness (QED) is 0.723. The number of nitrogens with one attached hydrogen (secondary N) is 1. The summed E-state index contributed by atoms with van der Waals surface area (Å²) in [5.41, 5.74) is 1.69. The minimum absolute atomic E-state index is 0.214. The number of nitrogens with zero attached hydrogens (tertiary/aromatic N) is 2. The number of ether oxygens (including phenoxy) is 2. The van der Waals surface area contributed by atoms with Crippen LogP contribution >= 0.6 is 0 Å². The fraction of sp³-hybridized carbons (Fsp3) is 0.222. The monoisotopic (exact) mass is 325 g/mol. The van der Waals surface area contributed by atoms with Crippen LogP contribution in [0.1, 0.15) is 13.8 Å². The number of benzene rings is 2. The van der Waals surface area contributed by atoms with Crippen LogP contribution in [-0.4, -0.2) is 33.5 Å². The maximum Gasteiger partial charge on any atom is 0.181 e. The highest BCUT2D eigenvalue weighted by molar-refractivity contribution is 5.64. The third kappa shape index (κ3) is 3.32. The molecule has 3 aromatic rings. The van der Waals surface area contributed by atoms with Crippen LogP contribution in [0.4, 0.5) is 0 Å². The number of hydrogen-bond donors (Lipinski definition) is 2. The third-order valence-corrected chi connectivity index (χ3v) is 3.43. The van der Waals surface area contributed by atoms with E-state index in [1.807, 2.05) is 32.0 Å². The summed E-state index contributed by atoms with van der Waals surface area (Å²) in [7, 11) is 0. The zero-order valence-corrected chi connectivity index (χ0v) is 13.6. The molecule has 1 heterocycles. The Bertz CT molecular complexity index is 813. The van der Waals surface area contributed by atoms with E-state index < -0.39 is 0 Å². The van der Waals surface area contributed by atoms with Gasteiger partial charge in [0.25, 0.3) is 0 Å². The Hall–Kier alpha value is -3.02. The first kappa shape index (κ1) is 15.9.